The van der Waals surface area contributed by atoms with Crippen molar-refractivity contribution in [1.82, 2.24) is 10.2 Å². The maximum atomic E-state index is 9.81. The SMILES string of the molecule is CCCC#C/C=C\C1(N(C)C(O)NC)C[C@H]1C. The van der Waals surface area contributed by atoms with Gasteiger partial charge in [-0.25, -0.2) is 0 Å². The minimum Gasteiger partial charge on any atom is -0.365 e. The average molecular weight is 236 g/mol. The third kappa shape index (κ3) is 3.32. The van der Waals surface area contributed by atoms with Gasteiger partial charge in [0, 0.05) is 12.0 Å². The van der Waals surface area contributed by atoms with Gasteiger partial charge in [-0.15, -0.1) is 0 Å². The molecular formula is C14H24N2O. The lowest BCUT2D eigenvalue weighted by Gasteiger charge is -2.30. The highest BCUT2D eigenvalue weighted by Crippen LogP contribution is 2.49. The van der Waals surface area contributed by atoms with Crippen molar-refractivity contribution in [2.75, 3.05) is 14.1 Å². The zero-order valence-corrected chi connectivity index (χ0v) is 11.3. The lowest BCUT2D eigenvalue weighted by atomic mass is 10.1. The van der Waals surface area contributed by atoms with Crippen LogP contribution >= 0.6 is 0 Å². The van der Waals surface area contributed by atoms with Crippen molar-refractivity contribution in [2.24, 2.45) is 5.92 Å². The van der Waals surface area contributed by atoms with Gasteiger partial charge >= 0.3 is 0 Å². The Morgan fingerprint density at radius 1 is 1.65 bits per heavy atom. The quantitative estimate of drug-likeness (QED) is 0.561. The number of hydrogen-bond donors (Lipinski definition) is 2. The first-order valence-corrected chi connectivity index (χ1v) is 6.33. The van der Waals surface area contributed by atoms with Gasteiger partial charge < -0.3 is 5.11 Å². The van der Waals surface area contributed by atoms with Crippen LogP contribution in [0, 0.1) is 17.8 Å². The topological polar surface area (TPSA) is 35.5 Å². The molecule has 0 aromatic rings. The van der Waals surface area contributed by atoms with E-state index in [0.717, 1.165) is 19.3 Å². The zero-order valence-electron chi connectivity index (χ0n) is 11.3. The second-order valence-corrected chi connectivity index (χ2v) is 4.77. The second kappa shape index (κ2) is 6.20. The van der Waals surface area contributed by atoms with Crippen LogP contribution in [0.2, 0.25) is 0 Å². The number of nitrogens with one attached hydrogen (secondary N) is 1. The number of hydrogen-bond acceptors (Lipinski definition) is 3. The molecule has 1 rings (SSSR count). The second-order valence-electron chi connectivity index (χ2n) is 4.77. The van der Waals surface area contributed by atoms with Crippen LogP contribution in [0.15, 0.2) is 12.2 Å². The van der Waals surface area contributed by atoms with Crippen molar-refractivity contribution >= 4 is 0 Å². The molecule has 0 aromatic heterocycles. The Bertz CT molecular complexity index is 329. The third-order valence-electron chi connectivity index (χ3n) is 3.54. The standard InChI is InChI=1S/C14H24N2O/c1-5-6-7-8-9-10-14(11-12(14)2)16(4)13(17)15-3/h9-10,12-13,15,17H,5-6,11H2,1-4H3/b10-9-/t12-,13?,14?/m1/s1. The van der Waals surface area contributed by atoms with E-state index in [0.29, 0.717) is 5.92 Å². The Morgan fingerprint density at radius 3 is 2.76 bits per heavy atom. The fraction of sp³-hybridized carbons (Fsp3) is 0.714. The van der Waals surface area contributed by atoms with Crippen LogP contribution in [0.1, 0.15) is 33.1 Å². The first-order valence-electron chi connectivity index (χ1n) is 6.33. The van der Waals surface area contributed by atoms with E-state index in [1.807, 2.05) is 18.0 Å². The monoisotopic (exact) mass is 236 g/mol. The van der Waals surface area contributed by atoms with Crippen LogP contribution in [0.3, 0.4) is 0 Å². The summed E-state index contributed by atoms with van der Waals surface area (Å²) in [6.07, 6.45) is 6.57. The molecule has 1 saturated carbocycles. The molecule has 3 atom stereocenters. The zero-order chi connectivity index (χ0) is 12.9. The number of aliphatic hydroxyl groups is 1. The van der Waals surface area contributed by atoms with E-state index < -0.39 is 6.35 Å². The van der Waals surface area contributed by atoms with Crippen molar-refractivity contribution in [2.45, 2.75) is 45.0 Å². The molecule has 0 aromatic carbocycles. The summed E-state index contributed by atoms with van der Waals surface area (Å²) in [5.41, 5.74) is -0.0245. The molecule has 3 nitrogen and oxygen atoms in total. The molecule has 1 fully saturated rings. The maximum absolute atomic E-state index is 9.81. The first-order chi connectivity index (χ1) is 8.08. The summed E-state index contributed by atoms with van der Waals surface area (Å²) in [6, 6.07) is 0. The summed E-state index contributed by atoms with van der Waals surface area (Å²) in [7, 11) is 3.70. The first kappa shape index (κ1) is 14.2. The molecule has 96 valence electrons. The predicted octanol–water partition coefficient (Wildman–Crippen LogP) is 1.55. The van der Waals surface area contributed by atoms with Crippen molar-refractivity contribution < 1.29 is 5.11 Å². The van der Waals surface area contributed by atoms with Gasteiger partial charge in [0.1, 0.15) is 0 Å². The van der Waals surface area contributed by atoms with Crippen LogP contribution in [-0.4, -0.2) is 36.0 Å². The number of nitrogens with zero attached hydrogens (tertiary/aromatic N) is 1. The Balaban J connectivity index is 2.62. The van der Waals surface area contributed by atoms with E-state index in [-0.39, 0.29) is 5.54 Å². The maximum Gasteiger partial charge on any atom is 0.163 e. The molecule has 0 heterocycles. The van der Waals surface area contributed by atoms with Gasteiger partial charge in [-0.3, -0.25) is 10.2 Å². The van der Waals surface area contributed by atoms with Crippen molar-refractivity contribution in [3.05, 3.63) is 12.2 Å². The largest absolute Gasteiger partial charge is 0.365 e. The van der Waals surface area contributed by atoms with Gasteiger partial charge in [-0.05, 0) is 38.9 Å². The van der Waals surface area contributed by atoms with Crippen LogP contribution in [0.25, 0.3) is 0 Å². The molecule has 1 aliphatic carbocycles. The summed E-state index contributed by atoms with van der Waals surface area (Å²) in [4.78, 5) is 1.97. The Hall–Kier alpha value is -0.820. The smallest absolute Gasteiger partial charge is 0.163 e. The van der Waals surface area contributed by atoms with E-state index in [9.17, 15) is 5.11 Å². The highest BCUT2D eigenvalue weighted by atomic mass is 16.3. The van der Waals surface area contributed by atoms with E-state index in [2.05, 4.69) is 37.1 Å². The summed E-state index contributed by atoms with van der Waals surface area (Å²) >= 11 is 0. The van der Waals surface area contributed by atoms with Crippen LogP contribution in [0.5, 0.6) is 0 Å². The predicted molar refractivity (Wildman–Crippen MR) is 71.2 cm³/mol. The molecule has 0 aliphatic heterocycles. The fourth-order valence-electron chi connectivity index (χ4n) is 2.14. The molecule has 0 saturated heterocycles. The molecule has 3 heteroatoms. The lowest BCUT2D eigenvalue weighted by Crippen LogP contribution is -2.48. The van der Waals surface area contributed by atoms with Crippen LogP contribution in [-0.2, 0) is 0 Å². The number of allylic oxidation sites excluding steroid dienone is 1. The molecule has 0 bridgehead atoms. The summed E-state index contributed by atoms with van der Waals surface area (Å²) in [5, 5.41) is 12.7. The number of likely N-dealkylation sites (N-methyl/N-ethyl adjacent to an activating group) is 1. The molecule has 17 heavy (non-hydrogen) atoms. The Labute approximate surface area is 105 Å². The third-order valence-corrected chi connectivity index (χ3v) is 3.54. The van der Waals surface area contributed by atoms with Crippen LogP contribution < -0.4 is 5.32 Å². The summed E-state index contributed by atoms with van der Waals surface area (Å²) < 4.78 is 0. The number of rotatable bonds is 5. The van der Waals surface area contributed by atoms with Gasteiger partial charge in [-0.1, -0.05) is 31.8 Å². The molecule has 2 unspecified atom stereocenters. The highest BCUT2D eigenvalue weighted by Gasteiger charge is 2.53. The molecule has 2 N–H and O–H groups in total. The molecule has 0 spiro atoms. The number of unbranched alkanes of at least 4 members (excludes halogenated alkanes) is 1. The molecule has 1 aliphatic rings. The van der Waals surface area contributed by atoms with Gasteiger partial charge in [-0.2, -0.15) is 0 Å². The van der Waals surface area contributed by atoms with Crippen molar-refractivity contribution in [3.63, 3.8) is 0 Å². The lowest BCUT2D eigenvalue weighted by molar-refractivity contribution is -0.0251. The van der Waals surface area contributed by atoms with Crippen molar-refractivity contribution in [1.29, 1.82) is 0 Å². The van der Waals surface area contributed by atoms with Gasteiger partial charge in [0.15, 0.2) is 6.35 Å². The van der Waals surface area contributed by atoms with E-state index in [1.54, 1.807) is 7.05 Å². The Morgan fingerprint density at radius 2 is 2.29 bits per heavy atom. The fourth-order valence-corrected chi connectivity index (χ4v) is 2.14. The minimum atomic E-state index is -0.604. The molecule has 0 radical (unpaired) electrons. The van der Waals surface area contributed by atoms with Crippen LogP contribution in [0.4, 0.5) is 0 Å². The Kier molecular flexibility index (Phi) is 5.20. The average Bonchev–Trinajstić information content (AvgIpc) is 2.99. The van der Waals surface area contributed by atoms with Gasteiger partial charge in [0.05, 0.1) is 0 Å². The van der Waals surface area contributed by atoms with E-state index in [4.69, 9.17) is 0 Å². The number of aliphatic hydroxyl groups excluding tert-OH is 1. The highest BCUT2D eigenvalue weighted by molar-refractivity contribution is 5.27. The molecule has 0 amide bonds. The summed E-state index contributed by atoms with van der Waals surface area (Å²) in [6.45, 7) is 4.32. The van der Waals surface area contributed by atoms with Gasteiger partial charge in [0.2, 0.25) is 0 Å². The molecular weight excluding hydrogens is 212 g/mol. The van der Waals surface area contributed by atoms with Crippen molar-refractivity contribution in [3.8, 4) is 11.8 Å². The minimum absolute atomic E-state index is 0.0245. The summed E-state index contributed by atoms with van der Waals surface area (Å²) in [5.74, 6) is 6.72. The van der Waals surface area contributed by atoms with E-state index in [1.165, 1.54) is 0 Å². The van der Waals surface area contributed by atoms with Gasteiger partial charge in [0.25, 0.3) is 0 Å². The normalized spacial score (nSPS) is 29.2. The van der Waals surface area contributed by atoms with E-state index >= 15 is 0 Å².